The summed E-state index contributed by atoms with van der Waals surface area (Å²) in [4.78, 5) is 0. The zero-order valence-electron chi connectivity index (χ0n) is 20.5. The van der Waals surface area contributed by atoms with Crippen molar-refractivity contribution in [2.24, 2.45) is 11.8 Å². The Morgan fingerprint density at radius 1 is 0.931 bits per heavy atom. The number of rotatable bonds is 17. The van der Waals surface area contributed by atoms with Gasteiger partial charge < -0.3 is 0 Å². The molecule has 0 bridgehead atoms. The Hall–Kier alpha value is 0.419. The van der Waals surface area contributed by atoms with E-state index in [1.54, 1.807) is 7.11 Å². The number of epoxide rings is 1. The summed E-state index contributed by atoms with van der Waals surface area (Å²) in [6.07, 6.45) is 11.3. The Bertz CT molecular complexity index is 428. The van der Waals surface area contributed by atoms with Crippen LogP contribution in [-0.4, -0.2) is 55.0 Å². The molecule has 0 aromatic carbocycles. The van der Waals surface area contributed by atoms with E-state index in [4.69, 9.17) is 9.47 Å². The number of aliphatic hydroxyl groups excluding tert-OH is 1. The molecule has 3 nitrogen and oxygen atoms in total. The Morgan fingerprint density at radius 3 is 1.86 bits per heavy atom. The molecule has 1 heterocycles. The monoisotopic (exact) mass is 518 g/mol. The fraction of sp³-hybridized carbons (Fsp3) is 0.920. The minimum atomic E-state index is -2.27. The van der Waals surface area contributed by atoms with E-state index in [9.17, 15) is 5.11 Å². The molecule has 0 unspecified atom stereocenters. The summed E-state index contributed by atoms with van der Waals surface area (Å²) in [6.45, 7) is 13.5. The molecule has 4 heteroatoms. The molecule has 0 aliphatic carbocycles. The third-order valence-electron chi connectivity index (χ3n) is 7.08. The predicted molar refractivity (Wildman–Crippen MR) is 128 cm³/mol. The summed E-state index contributed by atoms with van der Waals surface area (Å²) in [5, 5.41) is 10.9. The van der Waals surface area contributed by atoms with Gasteiger partial charge in [0.05, 0.1) is 0 Å². The van der Waals surface area contributed by atoms with Gasteiger partial charge in [0.1, 0.15) is 0 Å². The van der Waals surface area contributed by atoms with Gasteiger partial charge in [0.25, 0.3) is 0 Å². The average molecular weight is 517 g/mol. The van der Waals surface area contributed by atoms with Crippen molar-refractivity contribution < 1.29 is 14.6 Å². The van der Waals surface area contributed by atoms with Crippen LogP contribution in [0.25, 0.3) is 0 Å². The van der Waals surface area contributed by atoms with Crippen molar-refractivity contribution in [2.75, 3.05) is 7.11 Å². The molecule has 1 fully saturated rings. The Kier molecular flexibility index (Phi) is 13.7. The molecule has 1 rings (SSSR count). The third kappa shape index (κ3) is 8.82. The molecule has 1 saturated heterocycles. The van der Waals surface area contributed by atoms with Crippen LogP contribution in [0.3, 0.4) is 0 Å². The van der Waals surface area contributed by atoms with Gasteiger partial charge in [-0.15, -0.1) is 0 Å². The molecule has 0 aromatic rings. The molecule has 1 aliphatic heterocycles. The molecule has 1 N–H and O–H groups in total. The van der Waals surface area contributed by atoms with Gasteiger partial charge in [-0.25, -0.2) is 0 Å². The fourth-order valence-electron chi connectivity index (χ4n) is 4.78. The zero-order valence-corrected chi connectivity index (χ0v) is 23.3. The van der Waals surface area contributed by atoms with E-state index in [-0.39, 0.29) is 24.2 Å². The maximum absolute atomic E-state index is 10.9. The van der Waals surface area contributed by atoms with E-state index in [0.717, 1.165) is 6.42 Å². The van der Waals surface area contributed by atoms with E-state index >= 15 is 0 Å². The summed E-state index contributed by atoms with van der Waals surface area (Å²) in [7, 11) is 1.78. The molecule has 0 aromatic heterocycles. The number of hydrogen-bond donors (Lipinski definition) is 1. The minimum absolute atomic E-state index is 0.0274. The molecule has 1 aliphatic rings. The maximum atomic E-state index is 10.9. The molecular formula is C25H50O3Sn. The molecule has 0 saturated carbocycles. The van der Waals surface area contributed by atoms with Crippen molar-refractivity contribution in [3.63, 3.8) is 0 Å². The topological polar surface area (TPSA) is 42.0 Å². The Balaban J connectivity index is 2.78. The number of unbranched alkanes of at least 4 members (excludes halogenated alkanes) is 3. The summed E-state index contributed by atoms with van der Waals surface area (Å²) in [6, 6.07) is 0. The Labute approximate surface area is 185 Å². The van der Waals surface area contributed by atoms with E-state index in [0.29, 0.717) is 5.92 Å². The van der Waals surface area contributed by atoms with Gasteiger partial charge in [-0.3, -0.25) is 0 Å². The van der Waals surface area contributed by atoms with Crippen LogP contribution in [0.15, 0.2) is 10.2 Å². The van der Waals surface area contributed by atoms with E-state index < -0.39 is 24.5 Å². The van der Waals surface area contributed by atoms with E-state index in [1.807, 2.05) is 0 Å². The van der Waals surface area contributed by atoms with Crippen LogP contribution in [-0.2, 0) is 9.47 Å². The summed E-state index contributed by atoms with van der Waals surface area (Å²) in [5.41, 5.74) is 0. The second-order valence-electron chi connectivity index (χ2n) is 9.49. The van der Waals surface area contributed by atoms with Gasteiger partial charge in [-0.05, 0) is 0 Å². The summed E-state index contributed by atoms with van der Waals surface area (Å²) < 4.78 is 18.7. The van der Waals surface area contributed by atoms with Crippen LogP contribution in [0.2, 0.25) is 13.3 Å². The molecule has 0 spiro atoms. The molecule has 0 amide bonds. The number of aliphatic hydroxyl groups is 1. The molecule has 29 heavy (non-hydrogen) atoms. The van der Waals surface area contributed by atoms with E-state index in [1.165, 1.54) is 51.8 Å². The quantitative estimate of drug-likeness (QED) is 0.171. The van der Waals surface area contributed by atoms with Crippen LogP contribution < -0.4 is 0 Å². The Morgan fingerprint density at radius 2 is 1.45 bits per heavy atom. The van der Waals surface area contributed by atoms with Crippen LogP contribution in [0.5, 0.6) is 0 Å². The standard InChI is InChI=1S/C13H23O3.3C4H9.Sn/c1-6-8(3)11(14)13-12(16-13)9(4)10(7-2)15-5;3*1-3-4-2;/h1,6,8-14H,7H2,2-5H3;3*1,3-4H2,2H3;/t8-,9+,10-,11+,12+,13+;;;;/m0..../s1. The van der Waals surface area contributed by atoms with Gasteiger partial charge >= 0.3 is 186 Å². The first-order valence-corrected chi connectivity index (χ1v) is 20.1. The van der Waals surface area contributed by atoms with Crippen molar-refractivity contribution >= 4 is 18.4 Å². The zero-order chi connectivity index (χ0) is 21.9. The number of methoxy groups -OCH3 is 1. The van der Waals surface area contributed by atoms with Crippen LogP contribution in [0.4, 0.5) is 0 Å². The first-order valence-electron chi connectivity index (χ1n) is 12.4. The van der Waals surface area contributed by atoms with Crippen LogP contribution >= 0.6 is 0 Å². The summed E-state index contributed by atoms with van der Waals surface area (Å²) in [5.74, 6) is 0.499. The second-order valence-corrected chi connectivity index (χ2v) is 22.5. The number of hydrogen-bond acceptors (Lipinski definition) is 3. The van der Waals surface area contributed by atoms with Crippen molar-refractivity contribution in [1.82, 2.24) is 0 Å². The second kappa shape index (κ2) is 14.5. The van der Waals surface area contributed by atoms with Crippen molar-refractivity contribution in [1.29, 1.82) is 0 Å². The van der Waals surface area contributed by atoms with Gasteiger partial charge in [0, 0.05) is 0 Å². The van der Waals surface area contributed by atoms with Crippen molar-refractivity contribution in [3.8, 4) is 0 Å². The van der Waals surface area contributed by atoms with Gasteiger partial charge in [-0.1, -0.05) is 0 Å². The van der Waals surface area contributed by atoms with Gasteiger partial charge in [-0.2, -0.15) is 0 Å². The molecule has 0 radical (unpaired) electrons. The fourth-order valence-corrected chi connectivity index (χ4v) is 19.4. The van der Waals surface area contributed by atoms with Gasteiger partial charge in [0.15, 0.2) is 0 Å². The molecular weight excluding hydrogens is 467 g/mol. The third-order valence-corrected chi connectivity index (χ3v) is 21.2. The average Bonchev–Trinajstić information content (AvgIpc) is 3.53. The van der Waals surface area contributed by atoms with Crippen LogP contribution in [0.1, 0.15) is 86.5 Å². The molecule has 6 atom stereocenters. The van der Waals surface area contributed by atoms with E-state index in [2.05, 4.69) is 51.7 Å². The molecule has 172 valence electrons. The normalized spacial score (nSPS) is 23.9. The van der Waals surface area contributed by atoms with Crippen molar-refractivity contribution in [3.05, 3.63) is 10.2 Å². The first-order chi connectivity index (χ1) is 13.9. The van der Waals surface area contributed by atoms with Crippen molar-refractivity contribution in [2.45, 2.75) is 124 Å². The predicted octanol–water partition coefficient (Wildman–Crippen LogP) is 6.76. The van der Waals surface area contributed by atoms with Crippen LogP contribution in [0, 0.1) is 11.8 Å². The first kappa shape index (κ1) is 27.5. The SMILES string of the molecule is CCC[CH2][Sn](/[CH]=C/[C@H](C)[C@@H](O)[C@H]1O[C@@H]1[C@H](C)[C@H](CC)OC)([CH2]CCC)[CH2]CCC. The summed E-state index contributed by atoms with van der Waals surface area (Å²) >= 11 is -2.27. The number of ether oxygens (including phenoxy) is 2. The van der Waals surface area contributed by atoms with Gasteiger partial charge in [0.2, 0.25) is 0 Å².